The molecule has 9 nitrogen and oxygen atoms in total. The molecule has 2 aliphatic rings. The Morgan fingerprint density at radius 2 is 2.20 bits per heavy atom. The van der Waals surface area contributed by atoms with Crippen LogP contribution in [0.3, 0.4) is 0 Å². The standard InChI is InChI=1S/C21H27N7O2/c1-14-11-19(26-25-14)24-20-18-3-2-7-28(18)12-16(23-20)15-4-8-27(9-5-15)21(29)17-13-30-10-6-22-17/h2-3,7,11-12,15,17,22H,4-6,8-10,13H2,1H3,(H2,23,24,25,26)/t17-/m1/s1. The first-order chi connectivity index (χ1) is 14.7. The van der Waals surface area contributed by atoms with Gasteiger partial charge in [-0.05, 0) is 31.9 Å². The minimum absolute atomic E-state index is 0.151. The molecule has 2 fully saturated rings. The van der Waals surface area contributed by atoms with Crippen molar-refractivity contribution in [2.75, 3.05) is 38.2 Å². The molecule has 3 N–H and O–H groups in total. The Balaban J connectivity index is 1.31. The van der Waals surface area contributed by atoms with Gasteiger partial charge in [-0.25, -0.2) is 4.98 Å². The predicted octanol–water partition coefficient (Wildman–Crippen LogP) is 1.80. The average molecular weight is 409 g/mol. The summed E-state index contributed by atoms with van der Waals surface area (Å²) < 4.78 is 7.55. The molecule has 3 aromatic rings. The zero-order chi connectivity index (χ0) is 20.5. The summed E-state index contributed by atoms with van der Waals surface area (Å²) in [6.07, 6.45) is 5.95. The van der Waals surface area contributed by atoms with Crippen molar-refractivity contribution in [2.24, 2.45) is 0 Å². The average Bonchev–Trinajstić information content (AvgIpc) is 3.43. The number of hydrogen-bond donors (Lipinski definition) is 3. The van der Waals surface area contributed by atoms with Gasteiger partial charge in [0, 0.05) is 49.7 Å². The third-order valence-electron chi connectivity index (χ3n) is 5.93. The van der Waals surface area contributed by atoms with Crippen molar-refractivity contribution in [3.8, 4) is 0 Å². The van der Waals surface area contributed by atoms with E-state index < -0.39 is 0 Å². The Hall–Kier alpha value is -2.91. The first-order valence-electron chi connectivity index (χ1n) is 10.5. The quantitative estimate of drug-likeness (QED) is 0.608. The summed E-state index contributed by atoms with van der Waals surface area (Å²) in [5.41, 5.74) is 3.05. The van der Waals surface area contributed by atoms with Crippen LogP contribution in [0.2, 0.25) is 0 Å². The topological polar surface area (TPSA) is 99.6 Å². The SMILES string of the molecule is Cc1cc(Nc2nc(C3CCN(C(=O)[C@H]4COCCN4)CC3)cn3cccc23)n[nH]1. The third-order valence-corrected chi connectivity index (χ3v) is 5.93. The number of fused-ring (bicyclic) bond motifs is 1. The van der Waals surface area contributed by atoms with E-state index in [0.717, 1.165) is 61.0 Å². The smallest absolute Gasteiger partial charge is 0.242 e. The van der Waals surface area contributed by atoms with Crippen molar-refractivity contribution in [3.05, 3.63) is 42.0 Å². The molecule has 5 heterocycles. The number of H-pyrrole nitrogens is 1. The summed E-state index contributed by atoms with van der Waals surface area (Å²) in [5.74, 6) is 2.02. The number of nitrogens with one attached hydrogen (secondary N) is 3. The van der Waals surface area contributed by atoms with Crippen LogP contribution < -0.4 is 10.6 Å². The molecule has 0 aromatic carbocycles. The Labute approximate surface area is 174 Å². The number of morpholine rings is 1. The largest absolute Gasteiger partial charge is 0.378 e. The van der Waals surface area contributed by atoms with Gasteiger partial charge in [0.15, 0.2) is 11.6 Å². The number of aromatic amines is 1. The van der Waals surface area contributed by atoms with E-state index >= 15 is 0 Å². The molecule has 0 spiro atoms. The van der Waals surface area contributed by atoms with Crippen molar-refractivity contribution < 1.29 is 9.53 Å². The minimum atomic E-state index is -0.210. The lowest BCUT2D eigenvalue weighted by Crippen LogP contribution is -2.54. The highest BCUT2D eigenvalue weighted by Gasteiger charge is 2.30. The van der Waals surface area contributed by atoms with Gasteiger partial charge in [0.2, 0.25) is 5.91 Å². The zero-order valence-corrected chi connectivity index (χ0v) is 17.1. The Bertz CT molecular complexity index is 1030. The summed E-state index contributed by atoms with van der Waals surface area (Å²) in [5, 5.41) is 13.8. The monoisotopic (exact) mass is 409 g/mol. The number of ether oxygens (including phenoxy) is 1. The van der Waals surface area contributed by atoms with Gasteiger partial charge in [0.05, 0.1) is 24.4 Å². The molecule has 0 radical (unpaired) electrons. The van der Waals surface area contributed by atoms with Crippen LogP contribution in [0.25, 0.3) is 5.52 Å². The Morgan fingerprint density at radius 3 is 2.93 bits per heavy atom. The van der Waals surface area contributed by atoms with Gasteiger partial charge in [0.1, 0.15) is 6.04 Å². The van der Waals surface area contributed by atoms with Crippen LogP contribution in [-0.2, 0) is 9.53 Å². The van der Waals surface area contributed by atoms with Gasteiger partial charge >= 0.3 is 0 Å². The number of piperidine rings is 1. The molecular weight excluding hydrogens is 382 g/mol. The highest BCUT2D eigenvalue weighted by atomic mass is 16.5. The van der Waals surface area contributed by atoms with Gasteiger partial charge in [-0.2, -0.15) is 5.10 Å². The van der Waals surface area contributed by atoms with Crippen molar-refractivity contribution in [3.63, 3.8) is 0 Å². The highest BCUT2D eigenvalue weighted by molar-refractivity contribution is 5.82. The molecule has 0 bridgehead atoms. The maximum Gasteiger partial charge on any atom is 0.242 e. The normalized spacial score (nSPS) is 20.6. The summed E-state index contributed by atoms with van der Waals surface area (Å²) in [6, 6.07) is 5.81. The van der Waals surface area contributed by atoms with Crippen molar-refractivity contribution >= 4 is 23.1 Å². The van der Waals surface area contributed by atoms with Gasteiger partial charge in [-0.15, -0.1) is 0 Å². The maximum atomic E-state index is 12.7. The molecule has 2 aliphatic heterocycles. The molecule has 1 atom stereocenters. The van der Waals surface area contributed by atoms with E-state index in [4.69, 9.17) is 9.72 Å². The number of nitrogens with zero attached hydrogens (tertiary/aromatic N) is 4. The van der Waals surface area contributed by atoms with E-state index in [0.29, 0.717) is 19.1 Å². The predicted molar refractivity (Wildman–Crippen MR) is 113 cm³/mol. The molecule has 158 valence electrons. The fraction of sp³-hybridized carbons (Fsp3) is 0.476. The maximum absolute atomic E-state index is 12.7. The lowest BCUT2D eigenvalue weighted by molar-refractivity contribution is -0.137. The van der Waals surface area contributed by atoms with E-state index in [1.165, 1.54) is 0 Å². The first-order valence-corrected chi connectivity index (χ1v) is 10.5. The van der Waals surface area contributed by atoms with E-state index in [9.17, 15) is 4.79 Å². The van der Waals surface area contributed by atoms with Crippen LogP contribution in [0, 0.1) is 6.92 Å². The second-order valence-electron chi connectivity index (χ2n) is 8.06. The molecule has 9 heteroatoms. The number of rotatable bonds is 4. The molecule has 0 unspecified atom stereocenters. The Morgan fingerprint density at radius 1 is 1.33 bits per heavy atom. The number of anilines is 2. The first kappa shape index (κ1) is 19.1. The lowest BCUT2D eigenvalue weighted by Gasteiger charge is -2.35. The minimum Gasteiger partial charge on any atom is -0.378 e. The lowest BCUT2D eigenvalue weighted by atomic mass is 9.93. The molecule has 30 heavy (non-hydrogen) atoms. The van der Waals surface area contributed by atoms with Gasteiger partial charge in [-0.1, -0.05) is 0 Å². The molecule has 0 aliphatic carbocycles. The molecule has 1 amide bonds. The van der Waals surface area contributed by atoms with E-state index in [1.807, 2.05) is 36.2 Å². The van der Waals surface area contributed by atoms with Crippen LogP contribution in [-0.4, -0.2) is 69.3 Å². The van der Waals surface area contributed by atoms with Crippen LogP contribution in [0.1, 0.15) is 30.1 Å². The molecule has 5 rings (SSSR count). The van der Waals surface area contributed by atoms with Crippen LogP contribution in [0.5, 0.6) is 0 Å². The van der Waals surface area contributed by atoms with Crippen LogP contribution >= 0.6 is 0 Å². The molecule has 3 aromatic heterocycles. The second-order valence-corrected chi connectivity index (χ2v) is 8.06. The molecule has 2 saturated heterocycles. The number of aromatic nitrogens is 4. The fourth-order valence-electron chi connectivity index (χ4n) is 4.30. The van der Waals surface area contributed by atoms with Crippen molar-refractivity contribution in [1.82, 2.24) is 29.8 Å². The summed E-state index contributed by atoms with van der Waals surface area (Å²) >= 11 is 0. The third kappa shape index (κ3) is 3.78. The molecule has 0 saturated carbocycles. The van der Waals surface area contributed by atoms with Gasteiger partial charge < -0.3 is 24.7 Å². The van der Waals surface area contributed by atoms with E-state index in [1.54, 1.807) is 0 Å². The van der Waals surface area contributed by atoms with E-state index in [2.05, 4.69) is 31.4 Å². The van der Waals surface area contributed by atoms with Crippen molar-refractivity contribution in [2.45, 2.75) is 31.7 Å². The number of amides is 1. The molecular formula is C21H27N7O2. The van der Waals surface area contributed by atoms with E-state index in [-0.39, 0.29) is 11.9 Å². The number of carbonyl (C=O) groups excluding carboxylic acids is 1. The summed E-state index contributed by atoms with van der Waals surface area (Å²) in [4.78, 5) is 19.6. The van der Waals surface area contributed by atoms with Gasteiger partial charge in [-0.3, -0.25) is 9.89 Å². The second kappa shape index (κ2) is 8.08. The summed E-state index contributed by atoms with van der Waals surface area (Å²) in [6.45, 7) is 5.33. The Kier molecular flexibility index (Phi) is 5.14. The van der Waals surface area contributed by atoms with Crippen LogP contribution in [0.15, 0.2) is 30.6 Å². The van der Waals surface area contributed by atoms with Gasteiger partial charge in [0.25, 0.3) is 0 Å². The van der Waals surface area contributed by atoms with Crippen molar-refractivity contribution in [1.29, 1.82) is 0 Å². The number of aryl methyl sites for hydroxylation is 1. The number of carbonyl (C=O) groups is 1. The zero-order valence-electron chi connectivity index (χ0n) is 17.1. The number of hydrogen-bond acceptors (Lipinski definition) is 6. The highest BCUT2D eigenvalue weighted by Crippen LogP contribution is 2.30. The fourth-order valence-corrected chi connectivity index (χ4v) is 4.30. The van der Waals surface area contributed by atoms with Crippen LogP contribution in [0.4, 0.5) is 11.6 Å². The number of likely N-dealkylation sites (tertiary alicyclic amines) is 1. The summed E-state index contributed by atoms with van der Waals surface area (Å²) in [7, 11) is 0.